The summed E-state index contributed by atoms with van der Waals surface area (Å²) in [4.78, 5) is 69.1. The summed E-state index contributed by atoms with van der Waals surface area (Å²) < 4.78 is 47.9. The van der Waals surface area contributed by atoms with Crippen LogP contribution in [0.25, 0.3) is 16.6 Å². The number of alkyl halides is 3. The number of aromatic nitrogens is 4. The summed E-state index contributed by atoms with van der Waals surface area (Å²) in [5, 5.41) is 4.36. The number of hydrogen-bond donors (Lipinski definition) is 3. The highest BCUT2D eigenvalue weighted by atomic mass is 35.5. The summed E-state index contributed by atoms with van der Waals surface area (Å²) in [5.74, 6) is 2.51. The molecule has 362 valence electrons. The third-order valence-electron chi connectivity index (χ3n) is 14.0. The molecule has 0 unspecified atom stereocenters. The van der Waals surface area contributed by atoms with E-state index in [1.807, 2.05) is 21.9 Å². The van der Waals surface area contributed by atoms with Crippen LogP contribution in [0.3, 0.4) is 0 Å². The molecule has 2 aromatic heterocycles. The average Bonchev–Trinajstić information content (AvgIpc) is 3.32. The highest BCUT2D eigenvalue weighted by Gasteiger charge is 2.34. The van der Waals surface area contributed by atoms with Crippen molar-refractivity contribution in [3.05, 3.63) is 115 Å². The van der Waals surface area contributed by atoms with Crippen molar-refractivity contribution in [1.82, 2.24) is 34.2 Å². The molecule has 1 aliphatic carbocycles. The number of nitrogens with zero attached hydrogens (tertiary/aromatic N) is 6. The van der Waals surface area contributed by atoms with Crippen molar-refractivity contribution < 1.29 is 27.5 Å². The molecular formula is C50H59ClF3N9O5. The molecule has 5 aromatic rings. The van der Waals surface area contributed by atoms with Crippen molar-refractivity contribution in [2.45, 2.75) is 89.8 Å². The van der Waals surface area contributed by atoms with Gasteiger partial charge in [0.15, 0.2) is 0 Å². The van der Waals surface area contributed by atoms with E-state index in [1.165, 1.54) is 22.9 Å². The predicted octanol–water partition coefficient (Wildman–Crippen LogP) is 8.35. The molecule has 3 fully saturated rings. The second-order valence-electron chi connectivity index (χ2n) is 18.6. The zero-order valence-electron chi connectivity index (χ0n) is 38.7. The maximum atomic E-state index is 13.8. The van der Waals surface area contributed by atoms with Gasteiger partial charge in [0.1, 0.15) is 17.4 Å². The van der Waals surface area contributed by atoms with Crippen molar-refractivity contribution in [3.63, 3.8) is 0 Å². The molecule has 18 heteroatoms. The smallest absolute Gasteiger partial charge is 0.416 e. The van der Waals surface area contributed by atoms with Crippen LogP contribution in [0.5, 0.6) is 5.75 Å². The number of fused-ring (bicyclic) bond motifs is 1. The van der Waals surface area contributed by atoms with E-state index in [0.29, 0.717) is 63.8 Å². The van der Waals surface area contributed by atoms with Gasteiger partial charge in [-0.3, -0.25) is 28.8 Å². The number of likely N-dealkylation sites (tertiary alicyclic amines) is 1. The number of halogens is 4. The lowest BCUT2D eigenvalue weighted by Gasteiger charge is -2.38. The number of hydrogen-bond acceptors (Lipinski definition) is 10. The SMILES string of the molecule is COc1cc2nc(C)nc(N[C@H](C)c3cc(N)cc(C(F)(F)F)c3)c2cc1C1CCC(C(=O)N2CCN(CCCCC3CCN(C(=O)c4ccc(Cl)c(-n5ccc(=O)[nH]c5=O)c4)CC3)CC2)CC1. The van der Waals surface area contributed by atoms with Crippen molar-refractivity contribution in [2.75, 3.05) is 64.0 Å². The minimum absolute atomic E-state index is 0.0296. The van der Waals surface area contributed by atoms with E-state index >= 15 is 0 Å². The summed E-state index contributed by atoms with van der Waals surface area (Å²) in [6, 6.07) is 13.0. The van der Waals surface area contributed by atoms with Gasteiger partial charge in [-0.25, -0.2) is 14.8 Å². The molecule has 3 aliphatic rings. The Balaban J connectivity index is 0.776. The summed E-state index contributed by atoms with van der Waals surface area (Å²) in [6.45, 7) is 9.03. The highest BCUT2D eigenvalue weighted by Crippen LogP contribution is 2.43. The number of piperidine rings is 1. The molecule has 2 amide bonds. The number of methoxy groups -OCH3 is 1. The fourth-order valence-electron chi connectivity index (χ4n) is 10.2. The minimum Gasteiger partial charge on any atom is -0.496 e. The van der Waals surface area contributed by atoms with Gasteiger partial charge in [-0.2, -0.15) is 13.2 Å². The molecular weight excluding hydrogens is 899 g/mol. The molecule has 4 N–H and O–H groups in total. The van der Waals surface area contributed by atoms with Gasteiger partial charge in [0.05, 0.1) is 34.9 Å². The maximum Gasteiger partial charge on any atom is 0.416 e. The lowest BCUT2D eigenvalue weighted by Crippen LogP contribution is -2.50. The Labute approximate surface area is 398 Å². The normalized spacial score (nSPS) is 19.0. The van der Waals surface area contributed by atoms with Crippen LogP contribution in [-0.4, -0.2) is 99.0 Å². The zero-order valence-corrected chi connectivity index (χ0v) is 39.5. The van der Waals surface area contributed by atoms with Crippen molar-refractivity contribution in [3.8, 4) is 11.4 Å². The standard InChI is InChI=1S/C50H59ClF3N9O5/c1-30(36-24-37(50(52,53)54)27-38(55)25-36)56-46-40-28-39(44(68-3)29-42(40)57-31(2)58-46)33-7-9-34(10-8-33)47(65)62-22-20-60(21-23-62)16-5-4-6-32-13-17-61(18-14-32)48(66)35-11-12-41(51)43(26-35)63-19-15-45(64)59-49(63)67/h11-12,15,19,24-30,32-34H,4-10,13-14,16-18,20-23,55H2,1-3H3,(H,56,57,58)(H,59,64,67)/t30-,33?,34?/m1/s1. The molecule has 0 radical (unpaired) electrons. The maximum absolute atomic E-state index is 13.8. The Morgan fingerprint density at radius 2 is 1.65 bits per heavy atom. The second-order valence-corrected chi connectivity index (χ2v) is 19.0. The number of aromatic amines is 1. The number of benzene rings is 3. The molecule has 0 spiro atoms. The lowest BCUT2D eigenvalue weighted by atomic mass is 9.77. The molecule has 3 aromatic carbocycles. The van der Waals surface area contributed by atoms with Crippen molar-refractivity contribution in [1.29, 1.82) is 0 Å². The van der Waals surface area contributed by atoms with Crippen molar-refractivity contribution >= 4 is 45.8 Å². The Morgan fingerprint density at radius 3 is 2.34 bits per heavy atom. The van der Waals surface area contributed by atoms with Crippen LogP contribution in [0.2, 0.25) is 5.02 Å². The summed E-state index contributed by atoms with van der Waals surface area (Å²) in [6.07, 6.45) is 5.15. The van der Waals surface area contributed by atoms with Crippen LogP contribution in [0, 0.1) is 18.8 Å². The van der Waals surface area contributed by atoms with Gasteiger partial charge >= 0.3 is 11.9 Å². The monoisotopic (exact) mass is 957 g/mol. The van der Waals surface area contributed by atoms with E-state index in [-0.39, 0.29) is 29.3 Å². The van der Waals surface area contributed by atoms with Gasteiger partial charge in [0.2, 0.25) is 5.91 Å². The number of piperazine rings is 1. The molecule has 14 nitrogen and oxygen atoms in total. The Morgan fingerprint density at radius 1 is 0.912 bits per heavy atom. The number of ether oxygens (including phenoxy) is 1. The van der Waals surface area contributed by atoms with E-state index in [9.17, 15) is 32.3 Å². The Kier molecular flexibility index (Phi) is 14.8. The minimum atomic E-state index is -4.53. The first-order chi connectivity index (χ1) is 32.5. The number of unbranched alkanes of at least 4 members (excludes halogenated alkanes) is 1. The fourth-order valence-corrected chi connectivity index (χ4v) is 10.4. The van der Waals surface area contributed by atoms with Crippen LogP contribution >= 0.6 is 11.6 Å². The first kappa shape index (κ1) is 48.5. The summed E-state index contributed by atoms with van der Waals surface area (Å²) >= 11 is 6.37. The third kappa shape index (κ3) is 11.2. The molecule has 1 atom stereocenters. The summed E-state index contributed by atoms with van der Waals surface area (Å²) in [7, 11) is 1.63. The molecule has 0 bridgehead atoms. The number of nitrogens with one attached hydrogen (secondary N) is 2. The quantitative estimate of drug-likeness (QED) is 0.0770. The molecule has 8 rings (SSSR count). The zero-order chi connectivity index (χ0) is 48.3. The number of aryl methyl sites for hydroxylation is 1. The molecule has 68 heavy (non-hydrogen) atoms. The van der Waals surface area contributed by atoms with Crippen LogP contribution in [0.1, 0.15) is 110 Å². The van der Waals surface area contributed by atoms with E-state index < -0.39 is 29.0 Å². The first-order valence-electron chi connectivity index (χ1n) is 23.6. The topological polar surface area (TPSA) is 172 Å². The number of carbonyl (C=O) groups is 2. The van der Waals surface area contributed by atoms with Gasteiger partial charge in [-0.05, 0) is 131 Å². The number of carbonyl (C=O) groups excluding carboxylic acids is 2. The van der Waals surface area contributed by atoms with Gasteiger partial charge in [0, 0.05) is 80.2 Å². The number of rotatable bonds is 13. The number of anilines is 2. The number of nitrogens with two attached hydrogens (primary N) is 1. The summed E-state index contributed by atoms with van der Waals surface area (Å²) in [5.41, 5.74) is 6.78. The van der Waals surface area contributed by atoms with Gasteiger partial charge in [0.25, 0.3) is 11.5 Å². The Hall–Kier alpha value is -5.94. The Bertz CT molecular complexity index is 2760. The molecule has 2 saturated heterocycles. The molecule has 2 aliphatic heterocycles. The van der Waals surface area contributed by atoms with Crippen LogP contribution in [0.15, 0.2) is 70.4 Å². The number of nitrogen functional groups attached to an aromatic ring is 1. The molecule has 4 heterocycles. The first-order valence-corrected chi connectivity index (χ1v) is 23.9. The van der Waals surface area contributed by atoms with E-state index in [0.717, 1.165) is 114 Å². The van der Waals surface area contributed by atoms with Gasteiger partial charge in [-0.15, -0.1) is 0 Å². The largest absolute Gasteiger partial charge is 0.496 e. The van der Waals surface area contributed by atoms with Gasteiger partial charge in [-0.1, -0.05) is 24.4 Å². The number of H-pyrrole nitrogens is 1. The third-order valence-corrected chi connectivity index (χ3v) is 14.4. The fraction of sp³-hybridized carbons (Fsp3) is 0.480. The lowest BCUT2D eigenvalue weighted by molar-refractivity contribution is -0.138. The van der Waals surface area contributed by atoms with Gasteiger partial charge < -0.3 is 25.6 Å². The molecule has 1 saturated carbocycles. The average molecular weight is 959 g/mol. The number of amides is 2. The predicted molar refractivity (Wildman–Crippen MR) is 257 cm³/mol. The van der Waals surface area contributed by atoms with E-state index in [2.05, 4.69) is 25.2 Å². The van der Waals surface area contributed by atoms with E-state index in [1.54, 1.807) is 39.2 Å². The van der Waals surface area contributed by atoms with Crippen molar-refractivity contribution in [2.24, 2.45) is 11.8 Å². The highest BCUT2D eigenvalue weighted by molar-refractivity contribution is 6.32. The van der Waals surface area contributed by atoms with Crippen LogP contribution in [-0.2, 0) is 11.0 Å². The van der Waals surface area contributed by atoms with Crippen LogP contribution < -0.4 is 27.0 Å². The second kappa shape index (κ2) is 20.7. The van der Waals surface area contributed by atoms with Crippen LogP contribution in [0.4, 0.5) is 24.7 Å². The van der Waals surface area contributed by atoms with E-state index in [4.69, 9.17) is 22.1 Å².